The van der Waals surface area contributed by atoms with Gasteiger partial charge in [0.1, 0.15) is 0 Å². The number of halogens is 4. The second-order valence-corrected chi connectivity index (χ2v) is 9.23. The average molecular weight is 562 g/mol. The highest BCUT2D eigenvalue weighted by molar-refractivity contribution is 14.0. The van der Waals surface area contributed by atoms with Gasteiger partial charge in [-0.05, 0) is 32.3 Å². The van der Waals surface area contributed by atoms with Crippen LogP contribution in [0.1, 0.15) is 43.7 Å². The summed E-state index contributed by atoms with van der Waals surface area (Å²) in [5.41, 5.74) is -2.88. The average Bonchev–Trinajstić information content (AvgIpc) is 2.66. The van der Waals surface area contributed by atoms with Gasteiger partial charge in [0.2, 0.25) is 0 Å². The first kappa shape index (κ1) is 27.0. The second kappa shape index (κ2) is 11.5. The van der Waals surface area contributed by atoms with E-state index in [-0.39, 0.29) is 61.9 Å². The van der Waals surface area contributed by atoms with Crippen molar-refractivity contribution in [3.8, 4) is 0 Å². The van der Waals surface area contributed by atoms with Crippen LogP contribution < -0.4 is 10.6 Å². The predicted octanol–water partition coefficient (Wildman–Crippen LogP) is 3.59. The Bertz CT molecular complexity index is 793. The number of piperidine rings is 1. The standard InChI is InChI=1S/C19H29F3N4O2S.HI/c1-4-23-18(24-13-15(3)16-7-5-14(2)6-8-16)25-17-9-11-26(12-10-17)29(27,28)19(20,21)22;/h5-8,15,17H,4,9-13H2,1-3H3,(H2,23,24,25);1H. The summed E-state index contributed by atoms with van der Waals surface area (Å²) in [7, 11) is -5.26. The summed E-state index contributed by atoms with van der Waals surface area (Å²) in [6, 6.07) is 8.13. The van der Waals surface area contributed by atoms with Gasteiger partial charge in [-0.15, -0.1) is 24.0 Å². The van der Waals surface area contributed by atoms with Crippen molar-refractivity contribution in [3.05, 3.63) is 35.4 Å². The van der Waals surface area contributed by atoms with Crippen LogP contribution in [0.5, 0.6) is 0 Å². The van der Waals surface area contributed by atoms with Crippen molar-refractivity contribution < 1.29 is 21.6 Å². The summed E-state index contributed by atoms with van der Waals surface area (Å²) in [5, 5.41) is 6.36. The zero-order valence-corrected chi connectivity index (χ0v) is 20.5. The van der Waals surface area contributed by atoms with E-state index in [4.69, 9.17) is 0 Å². The van der Waals surface area contributed by atoms with Crippen LogP contribution in [0.25, 0.3) is 0 Å². The molecule has 0 aliphatic carbocycles. The summed E-state index contributed by atoms with van der Waals surface area (Å²) < 4.78 is 61.6. The van der Waals surface area contributed by atoms with Crippen molar-refractivity contribution in [3.63, 3.8) is 0 Å². The van der Waals surface area contributed by atoms with Crippen molar-refractivity contribution >= 4 is 40.0 Å². The summed E-state index contributed by atoms with van der Waals surface area (Å²) >= 11 is 0. The Morgan fingerprint density at radius 3 is 2.30 bits per heavy atom. The Morgan fingerprint density at radius 2 is 1.80 bits per heavy atom. The van der Waals surface area contributed by atoms with E-state index < -0.39 is 15.5 Å². The zero-order valence-electron chi connectivity index (χ0n) is 17.4. The van der Waals surface area contributed by atoms with Gasteiger partial charge in [0.25, 0.3) is 0 Å². The van der Waals surface area contributed by atoms with Gasteiger partial charge < -0.3 is 10.6 Å². The molecule has 1 aromatic rings. The number of aryl methyl sites for hydroxylation is 1. The number of guanidine groups is 1. The fourth-order valence-electron chi connectivity index (χ4n) is 3.13. The number of hydrogen-bond acceptors (Lipinski definition) is 3. The molecule has 1 unspecified atom stereocenters. The van der Waals surface area contributed by atoms with Gasteiger partial charge in [-0.1, -0.05) is 36.8 Å². The van der Waals surface area contributed by atoms with Crippen molar-refractivity contribution in [1.29, 1.82) is 0 Å². The number of alkyl halides is 3. The number of nitrogens with one attached hydrogen (secondary N) is 2. The van der Waals surface area contributed by atoms with E-state index in [0.717, 1.165) is 0 Å². The number of nitrogens with zero attached hydrogens (tertiary/aromatic N) is 2. The fourth-order valence-corrected chi connectivity index (χ4v) is 4.11. The molecular weight excluding hydrogens is 532 g/mol. The van der Waals surface area contributed by atoms with E-state index in [1.54, 1.807) is 0 Å². The Balaban J connectivity index is 0.00000450. The van der Waals surface area contributed by atoms with Crippen molar-refractivity contribution in [2.45, 2.75) is 51.1 Å². The molecule has 2 N–H and O–H groups in total. The van der Waals surface area contributed by atoms with E-state index in [9.17, 15) is 21.6 Å². The molecule has 11 heteroatoms. The normalized spacial score (nSPS) is 17.9. The highest BCUT2D eigenvalue weighted by Gasteiger charge is 2.50. The molecule has 0 radical (unpaired) electrons. The maximum absolute atomic E-state index is 12.7. The number of hydrogen-bond donors (Lipinski definition) is 2. The molecule has 1 heterocycles. The van der Waals surface area contributed by atoms with E-state index in [1.807, 2.05) is 13.8 Å². The minimum Gasteiger partial charge on any atom is -0.357 e. The molecule has 6 nitrogen and oxygen atoms in total. The number of aliphatic imine (C=N–C) groups is 1. The highest BCUT2D eigenvalue weighted by atomic mass is 127. The number of sulfonamides is 1. The first-order valence-electron chi connectivity index (χ1n) is 9.72. The topological polar surface area (TPSA) is 73.8 Å². The molecule has 0 aromatic heterocycles. The first-order valence-corrected chi connectivity index (χ1v) is 11.2. The van der Waals surface area contributed by atoms with Crippen LogP contribution in [0, 0.1) is 6.92 Å². The van der Waals surface area contributed by atoms with Crippen LogP contribution in [0.4, 0.5) is 13.2 Å². The molecule has 1 atom stereocenters. The van der Waals surface area contributed by atoms with Gasteiger partial charge in [-0.3, -0.25) is 4.99 Å². The van der Waals surface area contributed by atoms with Crippen molar-refractivity contribution in [1.82, 2.24) is 14.9 Å². The Kier molecular flexibility index (Phi) is 10.3. The third-order valence-electron chi connectivity index (χ3n) is 4.94. The smallest absolute Gasteiger partial charge is 0.357 e. The van der Waals surface area contributed by atoms with Gasteiger partial charge in [-0.25, -0.2) is 8.42 Å². The van der Waals surface area contributed by atoms with Gasteiger partial charge in [-0.2, -0.15) is 17.5 Å². The van der Waals surface area contributed by atoms with Crippen molar-refractivity contribution in [2.24, 2.45) is 4.99 Å². The molecule has 0 spiro atoms. The number of rotatable bonds is 6. The van der Waals surface area contributed by atoms with Crippen LogP contribution in [0.15, 0.2) is 29.3 Å². The van der Waals surface area contributed by atoms with Crippen LogP contribution in [0.2, 0.25) is 0 Å². The van der Waals surface area contributed by atoms with Crippen LogP contribution in [-0.2, 0) is 10.0 Å². The lowest BCUT2D eigenvalue weighted by Gasteiger charge is -2.32. The molecule has 1 aromatic carbocycles. The summed E-state index contributed by atoms with van der Waals surface area (Å²) in [5.74, 6) is 0.799. The molecule has 0 bridgehead atoms. The lowest BCUT2D eigenvalue weighted by atomic mass is 10.0. The molecule has 30 heavy (non-hydrogen) atoms. The molecule has 0 amide bonds. The van der Waals surface area contributed by atoms with Gasteiger partial charge >= 0.3 is 15.5 Å². The first-order chi connectivity index (χ1) is 13.5. The Morgan fingerprint density at radius 1 is 1.23 bits per heavy atom. The Hall–Kier alpha value is -1.08. The largest absolute Gasteiger partial charge is 0.511 e. The van der Waals surface area contributed by atoms with E-state index in [1.165, 1.54) is 11.1 Å². The maximum Gasteiger partial charge on any atom is 0.511 e. The molecule has 2 rings (SSSR count). The lowest BCUT2D eigenvalue weighted by Crippen LogP contribution is -2.51. The minimum atomic E-state index is -5.26. The quantitative estimate of drug-likeness (QED) is 0.316. The maximum atomic E-state index is 12.7. The molecule has 1 aliphatic heterocycles. The predicted molar refractivity (Wildman–Crippen MR) is 124 cm³/mol. The minimum absolute atomic E-state index is 0. The monoisotopic (exact) mass is 562 g/mol. The third-order valence-corrected chi connectivity index (χ3v) is 6.57. The lowest BCUT2D eigenvalue weighted by molar-refractivity contribution is -0.0494. The zero-order chi connectivity index (χ0) is 21.7. The second-order valence-electron chi connectivity index (χ2n) is 7.30. The van der Waals surface area contributed by atoms with Gasteiger partial charge in [0, 0.05) is 38.1 Å². The molecule has 1 fully saturated rings. The fraction of sp³-hybridized carbons (Fsp3) is 0.632. The molecule has 172 valence electrons. The number of benzene rings is 1. The molecule has 1 aliphatic rings. The molecule has 0 saturated carbocycles. The summed E-state index contributed by atoms with van der Waals surface area (Å²) in [6.07, 6.45) is 0.570. The van der Waals surface area contributed by atoms with Gasteiger partial charge in [0.05, 0.1) is 0 Å². The van der Waals surface area contributed by atoms with Crippen LogP contribution >= 0.6 is 24.0 Å². The Labute approximate surface area is 193 Å². The van der Waals surface area contributed by atoms with E-state index in [2.05, 4.69) is 46.8 Å². The van der Waals surface area contributed by atoms with Gasteiger partial charge in [0.15, 0.2) is 5.96 Å². The SMILES string of the molecule is CCNC(=NCC(C)c1ccc(C)cc1)NC1CCN(S(=O)(=O)C(F)(F)F)CC1.I. The van der Waals surface area contributed by atoms with E-state index in [0.29, 0.717) is 23.4 Å². The molecular formula is C19H30F3IN4O2S. The third kappa shape index (κ3) is 7.26. The highest BCUT2D eigenvalue weighted by Crippen LogP contribution is 2.29. The van der Waals surface area contributed by atoms with E-state index >= 15 is 0 Å². The summed E-state index contributed by atoms with van der Waals surface area (Å²) in [4.78, 5) is 4.60. The van der Waals surface area contributed by atoms with Crippen LogP contribution in [0.3, 0.4) is 0 Å². The summed E-state index contributed by atoms with van der Waals surface area (Å²) in [6.45, 7) is 6.91. The van der Waals surface area contributed by atoms with Crippen molar-refractivity contribution in [2.75, 3.05) is 26.2 Å². The molecule has 1 saturated heterocycles. The van der Waals surface area contributed by atoms with Crippen LogP contribution in [-0.4, -0.2) is 56.4 Å².